The van der Waals surface area contributed by atoms with Crippen LogP contribution in [0.25, 0.3) is 0 Å². The topological polar surface area (TPSA) is 78.9 Å². The Kier molecular flexibility index (Phi) is 4.93. The van der Waals surface area contributed by atoms with E-state index >= 15 is 0 Å². The highest BCUT2D eigenvalue weighted by molar-refractivity contribution is 5.96. The van der Waals surface area contributed by atoms with Gasteiger partial charge < -0.3 is 15.2 Å². The van der Waals surface area contributed by atoms with Crippen LogP contribution in [0.15, 0.2) is 18.2 Å². The van der Waals surface area contributed by atoms with Gasteiger partial charge in [-0.2, -0.15) is 0 Å². The van der Waals surface area contributed by atoms with Crippen LogP contribution in [0, 0.1) is 6.92 Å². The van der Waals surface area contributed by atoms with Gasteiger partial charge in [-0.25, -0.2) is 4.79 Å². The predicted molar refractivity (Wildman–Crippen MR) is 78.6 cm³/mol. The summed E-state index contributed by atoms with van der Waals surface area (Å²) in [5.41, 5.74) is 1.48. The summed E-state index contributed by atoms with van der Waals surface area (Å²) in [5.74, 6) is -1.06. The number of ether oxygens (including phenoxy) is 1. The van der Waals surface area contributed by atoms with Crippen molar-refractivity contribution in [2.45, 2.75) is 19.9 Å². The Morgan fingerprint density at radius 2 is 2.00 bits per heavy atom. The Morgan fingerprint density at radius 3 is 2.57 bits per heavy atom. The average Bonchev–Trinajstić information content (AvgIpc) is 2.47. The van der Waals surface area contributed by atoms with E-state index in [-0.39, 0.29) is 17.5 Å². The summed E-state index contributed by atoms with van der Waals surface area (Å²) in [5, 5.41) is 11.8. The van der Waals surface area contributed by atoms with Crippen molar-refractivity contribution in [3.8, 4) is 0 Å². The maximum atomic E-state index is 12.2. The lowest BCUT2D eigenvalue weighted by atomic mass is 10.1. The minimum Gasteiger partial charge on any atom is -0.478 e. The molecule has 1 amide bonds. The van der Waals surface area contributed by atoms with E-state index in [1.165, 1.54) is 6.07 Å². The first kappa shape index (κ1) is 15.5. The first-order valence-electron chi connectivity index (χ1n) is 6.95. The number of carboxylic acid groups (broad SMARTS) is 1. The van der Waals surface area contributed by atoms with Crippen LogP contribution in [-0.2, 0) is 9.53 Å². The third kappa shape index (κ3) is 3.80. The first-order valence-corrected chi connectivity index (χ1v) is 6.95. The summed E-state index contributed by atoms with van der Waals surface area (Å²) >= 11 is 0. The monoisotopic (exact) mass is 292 g/mol. The Labute approximate surface area is 123 Å². The molecule has 6 heteroatoms. The number of amides is 1. The molecule has 1 aliphatic heterocycles. The van der Waals surface area contributed by atoms with Crippen LogP contribution in [0.4, 0.5) is 5.69 Å². The second-order valence-corrected chi connectivity index (χ2v) is 5.15. The molecule has 0 bridgehead atoms. The van der Waals surface area contributed by atoms with Gasteiger partial charge >= 0.3 is 5.97 Å². The van der Waals surface area contributed by atoms with Crippen molar-refractivity contribution < 1.29 is 19.4 Å². The number of aromatic carboxylic acids is 1. The molecule has 1 saturated heterocycles. The SMILES string of the molecule is Cc1cc(NC(=O)[C@H](C)N2CCOCC2)ccc1C(=O)O. The fourth-order valence-corrected chi connectivity index (χ4v) is 2.36. The minimum atomic E-state index is -0.966. The molecule has 0 aliphatic carbocycles. The third-order valence-electron chi connectivity index (χ3n) is 3.70. The molecular weight excluding hydrogens is 272 g/mol. The molecule has 1 aromatic carbocycles. The molecule has 1 fully saturated rings. The molecular formula is C15H20N2O4. The zero-order valence-electron chi connectivity index (χ0n) is 12.3. The second kappa shape index (κ2) is 6.69. The van der Waals surface area contributed by atoms with Crippen molar-refractivity contribution >= 4 is 17.6 Å². The molecule has 1 aromatic rings. The van der Waals surface area contributed by atoms with Crippen LogP contribution in [-0.4, -0.2) is 54.2 Å². The number of benzene rings is 1. The Hall–Kier alpha value is -1.92. The Morgan fingerprint density at radius 1 is 1.33 bits per heavy atom. The molecule has 114 valence electrons. The van der Waals surface area contributed by atoms with E-state index in [2.05, 4.69) is 10.2 Å². The van der Waals surface area contributed by atoms with Crippen LogP contribution < -0.4 is 5.32 Å². The van der Waals surface area contributed by atoms with Crippen molar-refractivity contribution in [3.05, 3.63) is 29.3 Å². The zero-order chi connectivity index (χ0) is 15.4. The van der Waals surface area contributed by atoms with E-state index in [0.29, 0.717) is 24.5 Å². The first-order chi connectivity index (χ1) is 9.99. The lowest BCUT2D eigenvalue weighted by molar-refractivity contribution is -0.122. The van der Waals surface area contributed by atoms with Gasteiger partial charge in [0.25, 0.3) is 0 Å². The van der Waals surface area contributed by atoms with Gasteiger partial charge in [0, 0.05) is 18.8 Å². The number of nitrogens with one attached hydrogen (secondary N) is 1. The van der Waals surface area contributed by atoms with Crippen molar-refractivity contribution in [1.82, 2.24) is 4.90 Å². The number of morpholine rings is 1. The lowest BCUT2D eigenvalue weighted by Gasteiger charge is -2.31. The van der Waals surface area contributed by atoms with Crippen LogP contribution in [0.1, 0.15) is 22.8 Å². The van der Waals surface area contributed by atoms with Gasteiger partial charge in [0.15, 0.2) is 0 Å². The van der Waals surface area contributed by atoms with Crippen LogP contribution in [0.5, 0.6) is 0 Å². The van der Waals surface area contributed by atoms with Crippen molar-refractivity contribution in [2.75, 3.05) is 31.6 Å². The lowest BCUT2D eigenvalue weighted by Crippen LogP contribution is -2.47. The largest absolute Gasteiger partial charge is 0.478 e. The summed E-state index contributed by atoms with van der Waals surface area (Å²) in [4.78, 5) is 25.3. The number of hydrogen-bond acceptors (Lipinski definition) is 4. The highest BCUT2D eigenvalue weighted by atomic mass is 16.5. The molecule has 2 N–H and O–H groups in total. The molecule has 2 rings (SSSR count). The quantitative estimate of drug-likeness (QED) is 0.876. The number of carboxylic acids is 1. The minimum absolute atomic E-state index is 0.0978. The molecule has 0 aromatic heterocycles. The van der Waals surface area contributed by atoms with Crippen LogP contribution >= 0.6 is 0 Å². The molecule has 1 atom stereocenters. The molecule has 0 radical (unpaired) electrons. The molecule has 0 spiro atoms. The predicted octanol–water partition coefficient (Wildman–Crippen LogP) is 1.35. The van der Waals surface area contributed by atoms with E-state index in [1.807, 2.05) is 6.92 Å². The third-order valence-corrected chi connectivity index (χ3v) is 3.70. The number of aryl methyl sites for hydroxylation is 1. The standard InChI is InChI=1S/C15H20N2O4/c1-10-9-12(3-4-13(10)15(19)20)16-14(18)11(2)17-5-7-21-8-6-17/h3-4,9,11H,5-8H2,1-2H3,(H,16,18)(H,19,20)/t11-/m0/s1. The van der Waals surface area contributed by atoms with Crippen LogP contribution in [0.2, 0.25) is 0 Å². The highest BCUT2D eigenvalue weighted by Crippen LogP contribution is 2.16. The summed E-state index contributed by atoms with van der Waals surface area (Å²) < 4.78 is 5.27. The van der Waals surface area contributed by atoms with Crippen LogP contribution in [0.3, 0.4) is 0 Å². The average molecular weight is 292 g/mol. The molecule has 21 heavy (non-hydrogen) atoms. The van der Waals surface area contributed by atoms with Gasteiger partial charge in [-0.05, 0) is 37.6 Å². The summed E-state index contributed by atoms with van der Waals surface area (Å²) in [6.07, 6.45) is 0. The number of carbonyl (C=O) groups excluding carboxylic acids is 1. The van der Waals surface area contributed by atoms with E-state index < -0.39 is 5.97 Å². The maximum Gasteiger partial charge on any atom is 0.335 e. The number of anilines is 1. The number of nitrogens with zero attached hydrogens (tertiary/aromatic N) is 1. The molecule has 1 aliphatic rings. The molecule has 0 saturated carbocycles. The summed E-state index contributed by atoms with van der Waals surface area (Å²) in [7, 11) is 0. The Balaban J connectivity index is 2.01. The van der Waals surface area contributed by atoms with Gasteiger partial charge in [-0.1, -0.05) is 0 Å². The maximum absolute atomic E-state index is 12.2. The van der Waals surface area contributed by atoms with Gasteiger partial charge in [0.2, 0.25) is 5.91 Å². The molecule has 1 heterocycles. The number of rotatable bonds is 4. The van der Waals surface area contributed by atoms with Crippen molar-refractivity contribution in [3.63, 3.8) is 0 Å². The van der Waals surface area contributed by atoms with E-state index in [1.54, 1.807) is 19.1 Å². The van der Waals surface area contributed by atoms with E-state index in [0.717, 1.165) is 13.1 Å². The molecule has 6 nitrogen and oxygen atoms in total. The Bertz CT molecular complexity index is 538. The second-order valence-electron chi connectivity index (χ2n) is 5.15. The number of hydrogen-bond donors (Lipinski definition) is 2. The molecule has 0 unspecified atom stereocenters. The zero-order valence-corrected chi connectivity index (χ0v) is 12.3. The van der Waals surface area contributed by atoms with E-state index in [4.69, 9.17) is 9.84 Å². The van der Waals surface area contributed by atoms with E-state index in [9.17, 15) is 9.59 Å². The summed E-state index contributed by atoms with van der Waals surface area (Å²) in [6.45, 7) is 6.34. The normalized spacial score (nSPS) is 17.2. The number of carbonyl (C=O) groups is 2. The smallest absolute Gasteiger partial charge is 0.335 e. The van der Waals surface area contributed by atoms with Crippen molar-refractivity contribution in [1.29, 1.82) is 0 Å². The summed E-state index contributed by atoms with van der Waals surface area (Å²) in [6, 6.07) is 4.55. The van der Waals surface area contributed by atoms with Gasteiger partial charge in [0.05, 0.1) is 24.8 Å². The van der Waals surface area contributed by atoms with Gasteiger partial charge in [0.1, 0.15) is 0 Å². The van der Waals surface area contributed by atoms with Gasteiger partial charge in [-0.3, -0.25) is 9.69 Å². The van der Waals surface area contributed by atoms with Gasteiger partial charge in [-0.15, -0.1) is 0 Å². The fraction of sp³-hybridized carbons (Fsp3) is 0.467. The fourth-order valence-electron chi connectivity index (χ4n) is 2.36. The highest BCUT2D eigenvalue weighted by Gasteiger charge is 2.23. The van der Waals surface area contributed by atoms with Crippen molar-refractivity contribution in [2.24, 2.45) is 0 Å².